The SMILES string of the molecule is O=C(NCCc1c[nH]c2cc(F)c(Cl)cc12)c1cnn2c1OCCC2. The molecule has 0 aliphatic carbocycles. The molecule has 6 nitrogen and oxygen atoms in total. The van der Waals surface area contributed by atoms with Crippen LogP contribution in [-0.4, -0.2) is 33.8 Å². The molecule has 0 bridgehead atoms. The van der Waals surface area contributed by atoms with Crippen molar-refractivity contribution in [1.82, 2.24) is 20.1 Å². The van der Waals surface area contributed by atoms with Crippen molar-refractivity contribution in [3.63, 3.8) is 0 Å². The third-order valence-corrected chi connectivity index (χ3v) is 4.57. The number of amides is 1. The van der Waals surface area contributed by atoms with Gasteiger partial charge in [-0.3, -0.25) is 4.79 Å². The summed E-state index contributed by atoms with van der Waals surface area (Å²) in [6.45, 7) is 1.79. The van der Waals surface area contributed by atoms with Gasteiger partial charge >= 0.3 is 0 Å². The number of nitrogens with zero attached hydrogens (tertiary/aromatic N) is 2. The van der Waals surface area contributed by atoms with Crippen LogP contribution in [0.25, 0.3) is 10.9 Å². The lowest BCUT2D eigenvalue weighted by atomic mass is 10.1. The van der Waals surface area contributed by atoms with Crippen molar-refractivity contribution in [2.24, 2.45) is 0 Å². The average Bonchev–Trinajstić information content (AvgIpc) is 3.20. The first-order valence-corrected chi connectivity index (χ1v) is 8.43. The minimum absolute atomic E-state index is 0.0843. The molecule has 3 aromatic rings. The number of H-pyrrole nitrogens is 1. The summed E-state index contributed by atoms with van der Waals surface area (Å²) >= 11 is 5.85. The van der Waals surface area contributed by atoms with E-state index in [0.29, 0.717) is 36.5 Å². The molecular formula is C17H16ClFN4O2. The molecule has 3 heterocycles. The molecule has 0 radical (unpaired) electrons. The molecule has 0 saturated heterocycles. The highest BCUT2D eigenvalue weighted by atomic mass is 35.5. The highest BCUT2D eigenvalue weighted by Crippen LogP contribution is 2.25. The number of halogens is 2. The Morgan fingerprint density at radius 3 is 3.24 bits per heavy atom. The molecule has 0 spiro atoms. The second-order valence-corrected chi connectivity index (χ2v) is 6.33. The zero-order chi connectivity index (χ0) is 17.4. The van der Waals surface area contributed by atoms with Crippen molar-refractivity contribution in [3.05, 3.63) is 46.5 Å². The summed E-state index contributed by atoms with van der Waals surface area (Å²) in [7, 11) is 0. The molecule has 0 fully saturated rings. The second-order valence-electron chi connectivity index (χ2n) is 5.92. The highest BCUT2D eigenvalue weighted by Gasteiger charge is 2.21. The molecule has 2 N–H and O–H groups in total. The molecule has 0 atom stereocenters. The number of rotatable bonds is 4. The van der Waals surface area contributed by atoms with Crippen LogP contribution < -0.4 is 10.1 Å². The highest BCUT2D eigenvalue weighted by molar-refractivity contribution is 6.31. The van der Waals surface area contributed by atoms with Gasteiger partial charge in [-0.1, -0.05) is 11.6 Å². The Balaban J connectivity index is 1.43. The van der Waals surface area contributed by atoms with Crippen LogP contribution in [0.5, 0.6) is 5.88 Å². The van der Waals surface area contributed by atoms with Crippen LogP contribution >= 0.6 is 11.6 Å². The minimum Gasteiger partial charge on any atom is -0.477 e. The van der Waals surface area contributed by atoms with Gasteiger partial charge in [-0.05, 0) is 24.1 Å². The smallest absolute Gasteiger partial charge is 0.258 e. The van der Waals surface area contributed by atoms with Gasteiger partial charge in [-0.15, -0.1) is 0 Å². The Morgan fingerprint density at radius 2 is 2.36 bits per heavy atom. The van der Waals surface area contributed by atoms with Crippen molar-refractivity contribution in [3.8, 4) is 5.88 Å². The Labute approximate surface area is 147 Å². The molecule has 8 heteroatoms. The van der Waals surface area contributed by atoms with Crippen LogP contribution in [-0.2, 0) is 13.0 Å². The van der Waals surface area contributed by atoms with E-state index in [1.54, 1.807) is 16.9 Å². The van der Waals surface area contributed by atoms with Gasteiger partial charge in [0.1, 0.15) is 11.4 Å². The van der Waals surface area contributed by atoms with Gasteiger partial charge in [-0.25, -0.2) is 9.07 Å². The monoisotopic (exact) mass is 362 g/mol. The first-order chi connectivity index (χ1) is 12.1. The topological polar surface area (TPSA) is 71.9 Å². The summed E-state index contributed by atoms with van der Waals surface area (Å²) in [5.41, 5.74) is 2.09. The predicted molar refractivity (Wildman–Crippen MR) is 91.6 cm³/mol. The summed E-state index contributed by atoms with van der Waals surface area (Å²) in [6, 6.07) is 2.97. The van der Waals surface area contributed by atoms with E-state index in [-0.39, 0.29) is 10.9 Å². The summed E-state index contributed by atoms with van der Waals surface area (Å²) in [5, 5.41) is 7.98. The third-order valence-electron chi connectivity index (χ3n) is 4.28. The first kappa shape index (κ1) is 16.0. The van der Waals surface area contributed by atoms with E-state index in [1.807, 2.05) is 0 Å². The number of aryl methyl sites for hydroxylation is 1. The zero-order valence-corrected chi connectivity index (χ0v) is 14.1. The fourth-order valence-electron chi connectivity index (χ4n) is 3.01. The molecule has 2 aromatic heterocycles. The van der Waals surface area contributed by atoms with Gasteiger partial charge in [0.25, 0.3) is 5.91 Å². The number of carbonyl (C=O) groups excluding carboxylic acids is 1. The van der Waals surface area contributed by atoms with Crippen LogP contribution in [0, 0.1) is 5.82 Å². The fourth-order valence-corrected chi connectivity index (χ4v) is 3.18. The molecule has 0 unspecified atom stereocenters. The number of aromatic amines is 1. The molecule has 25 heavy (non-hydrogen) atoms. The van der Waals surface area contributed by atoms with Crippen LogP contribution in [0.15, 0.2) is 24.5 Å². The average molecular weight is 363 g/mol. The number of fused-ring (bicyclic) bond motifs is 2. The number of benzene rings is 1. The molecule has 0 saturated carbocycles. The molecule has 1 aliphatic heterocycles. The second kappa shape index (κ2) is 6.40. The molecule has 1 aliphatic rings. The number of hydrogen-bond donors (Lipinski definition) is 2. The Hall–Kier alpha value is -2.54. The van der Waals surface area contributed by atoms with Gasteiger partial charge in [0, 0.05) is 36.6 Å². The van der Waals surface area contributed by atoms with Gasteiger partial charge in [0.2, 0.25) is 5.88 Å². The maximum Gasteiger partial charge on any atom is 0.258 e. The Bertz CT molecular complexity index is 950. The molecule has 1 amide bonds. The molecular weight excluding hydrogens is 347 g/mol. The summed E-state index contributed by atoms with van der Waals surface area (Å²) in [4.78, 5) is 15.4. The van der Waals surface area contributed by atoms with Crippen molar-refractivity contribution in [1.29, 1.82) is 0 Å². The predicted octanol–water partition coefficient (Wildman–Crippen LogP) is 2.91. The summed E-state index contributed by atoms with van der Waals surface area (Å²) in [6.07, 6.45) is 4.82. The van der Waals surface area contributed by atoms with Crippen LogP contribution in [0.1, 0.15) is 22.3 Å². The number of hydrogen-bond acceptors (Lipinski definition) is 3. The van der Waals surface area contributed by atoms with E-state index in [2.05, 4.69) is 15.4 Å². The van der Waals surface area contributed by atoms with E-state index >= 15 is 0 Å². The van der Waals surface area contributed by atoms with Gasteiger partial charge in [0.15, 0.2) is 0 Å². The van der Waals surface area contributed by atoms with Gasteiger partial charge in [0.05, 0.1) is 17.8 Å². The molecule has 4 rings (SSSR count). The minimum atomic E-state index is -0.457. The molecule has 130 valence electrons. The standard InChI is InChI=1S/C17H16ClFN4O2/c18-13-6-11-10(8-21-15(11)7-14(13)19)2-3-20-16(24)12-9-22-23-4-1-5-25-17(12)23/h6-9,21H,1-5H2,(H,20,24). The van der Waals surface area contributed by atoms with E-state index < -0.39 is 5.82 Å². The van der Waals surface area contributed by atoms with E-state index in [9.17, 15) is 9.18 Å². The fraction of sp³-hybridized carbons (Fsp3) is 0.294. The molecule has 1 aromatic carbocycles. The zero-order valence-electron chi connectivity index (χ0n) is 13.3. The van der Waals surface area contributed by atoms with Crippen LogP contribution in [0.4, 0.5) is 4.39 Å². The lowest BCUT2D eigenvalue weighted by molar-refractivity contribution is 0.0947. The van der Waals surface area contributed by atoms with Gasteiger partial charge < -0.3 is 15.0 Å². The largest absolute Gasteiger partial charge is 0.477 e. The van der Waals surface area contributed by atoms with E-state index in [4.69, 9.17) is 16.3 Å². The van der Waals surface area contributed by atoms with Crippen molar-refractivity contribution in [2.75, 3.05) is 13.2 Å². The summed E-state index contributed by atoms with van der Waals surface area (Å²) in [5.74, 6) is -0.146. The maximum absolute atomic E-state index is 13.5. The quantitative estimate of drug-likeness (QED) is 0.749. The maximum atomic E-state index is 13.5. The number of ether oxygens (including phenoxy) is 1. The number of carbonyl (C=O) groups is 1. The van der Waals surface area contributed by atoms with Crippen LogP contribution in [0.2, 0.25) is 5.02 Å². The van der Waals surface area contributed by atoms with Crippen molar-refractivity contribution >= 4 is 28.4 Å². The Kier molecular flexibility index (Phi) is 4.09. The number of nitrogens with one attached hydrogen (secondary N) is 2. The normalized spacial score (nSPS) is 13.5. The van der Waals surface area contributed by atoms with E-state index in [1.165, 1.54) is 12.3 Å². The van der Waals surface area contributed by atoms with E-state index in [0.717, 1.165) is 23.9 Å². The van der Waals surface area contributed by atoms with Crippen molar-refractivity contribution in [2.45, 2.75) is 19.4 Å². The number of aromatic nitrogens is 3. The lowest BCUT2D eigenvalue weighted by Gasteiger charge is -2.15. The van der Waals surface area contributed by atoms with Crippen molar-refractivity contribution < 1.29 is 13.9 Å². The van der Waals surface area contributed by atoms with Crippen LogP contribution in [0.3, 0.4) is 0 Å². The first-order valence-electron chi connectivity index (χ1n) is 8.05. The Morgan fingerprint density at radius 1 is 1.48 bits per heavy atom. The summed E-state index contributed by atoms with van der Waals surface area (Å²) < 4.78 is 20.7. The lowest BCUT2D eigenvalue weighted by Crippen LogP contribution is -2.26. The third kappa shape index (κ3) is 2.95. The van der Waals surface area contributed by atoms with Gasteiger partial charge in [-0.2, -0.15) is 5.10 Å².